The first-order valence-electron chi connectivity index (χ1n) is 6.95. The third kappa shape index (κ3) is 2.92. The number of aryl methyl sites for hydroxylation is 1. The highest BCUT2D eigenvalue weighted by atomic mass is 16.6. The molecular weight excluding hydrogens is 224 g/mol. The zero-order chi connectivity index (χ0) is 13.0. The fourth-order valence-electron chi connectivity index (χ4n) is 2.67. The number of hydrogen-bond donors (Lipinski definition) is 0. The van der Waals surface area contributed by atoms with Gasteiger partial charge in [0.25, 0.3) is 0 Å². The molecule has 0 spiro atoms. The molecule has 2 heteroatoms. The van der Waals surface area contributed by atoms with Gasteiger partial charge < -0.3 is 4.74 Å². The number of rotatable bonds is 3. The van der Waals surface area contributed by atoms with Gasteiger partial charge in [-0.05, 0) is 51.2 Å². The zero-order valence-electron chi connectivity index (χ0n) is 11.4. The average Bonchev–Trinajstić information content (AvgIpc) is 2.40. The van der Waals surface area contributed by atoms with Crippen LogP contribution in [0.4, 0.5) is 0 Å². The summed E-state index contributed by atoms with van der Waals surface area (Å²) in [6.07, 6.45) is 6.57. The summed E-state index contributed by atoms with van der Waals surface area (Å²) in [6, 6.07) is 7.61. The van der Waals surface area contributed by atoms with Crippen molar-refractivity contribution in [3.05, 3.63) is 35.4 Å². The summed E-state index contributed by atoms with van der Waals surface area (Å²) < 4.78 is 5.82. The van der Waals surface area contributed by atoms with E-state index < -0.39 is 0 Å². The van der Waals surface area contributed by atoms with Crippen LogP contribution in [0.15, 0.2) is 24.3 Å². The van der Waals surface area contributed by atoms with Crippen LogP contribution in [0.25, 0.3) is 0 Å². The summed E-state index contributed by atoms with van der Waals surface area (Å²) in [5.41, 5.74) is 1.62. The summed E-state index contributed by atoms with van der Waals surface area (Å²) >= 11 is 0. The molecule has 0 aliphatic heterocycles. The molecule has 2 nitrogen and oxygen atoms in total. The van der Waals surface area contributed by atoms with Gasteiger partial charge in [-0.2, -0.15) is 0 Å². The van der Waals surface area contributed by atoms with Gasteiger partial charge in [0.05, 0.1) is 5.56 Å². The van der Waals surface area contributed by atoms with Crippen LogP contribution < -0.4 is 0 Å². The number of esters is 1. The molecule has 0 saturated heterocycles. The molecule has 1 saturated carbocycles. The van der Waals surface area contributed by atoms with E-state index in [4.69, 9.17) is 4.74 Å². The molecular formula is C16H22O2. The molecule has 1 aliphatic carbocycles. The SMILES string of the molecule is CCC1(OC(=O)c2ccc(C)cc2)CCCCC1. The van der Waals surface area contributed by atoms with Gasteiger partial charge >= 0.3 is 5.97 Å². The predicted octanol–water partition coefficient (Wildman–Crippen LogP) is 4.26. The fourth-order valence-corrected chi connectivity index (χ4v) is 2.67. The Bertz CT molecular complexity index is 400. The smallest absolute Gasteiger partial charge is 0.338 e. The van der Waals surface area contributed by atoms with Crippen LogP contribution in [0.3, 0.4) is 0 Å². The number of carbonyl (C=O) groups is 1. The molecule has 1 fully saturated rings. The molecule has 0 radical (unpaired) electrons. The van der Waals surface area contributed by atoms with Crippen molar-refractivity contribution in [3.63, 3.8) is 0 Å². The first kappa shape index (κ1) is 13.1. The van der Waals surface area contributed by atoms with Crippen LogP contribution in [0.5, 0.6) is 0 Å². The maximum atomic E-state index is 12.2. The third-order valence-electron chi connectivity index (χ3n) is 4.01. The third-order valence-corrected chi connectivity index (χ3v) is 4.01. The lowest BCUT2D eigenvalue weighted by Gasteiger charge is -2.36. The number of benzene rings is 1. The van der Waals surface area contributed by atoms with Crippen LogP contribution in [0, 0.1) is 6.92 Å². The van der Waals surface area contributed by atoms with E-state index in [9.17, 15) is 4.79 Å². The second-order valence-corrected chi connectivity index (χ2v) is 5.35. The Kier molecular flexibility index (Phi) is 4.05. The van der Waals surface area contributed by atoms with E-state index in [1.165, 1.54) is 19.3 Å². The molecule has 0 heterocycles. The monoisotopic (exact) mass is 246 g/mol. The molecule has 98 valence electrons. The minimum atomic E-state index is -0.208. The van der Waals surface area contributed by atoms with Crippen LogP contribution >= 0.6 is 0 Å². The Labute approximate surface area is 109 Å². The highest BCUT2D eigenvalue weighted by molar-refractivity contribution is 5.89. The highest BCUT2D eigenvalue weighted by Gasteiger charge is 2.34. The number of hydrogen-bond acceptors (Lipinski definition) is 2. The zero-order valence-corrected chi connectivity index (χ0v) is 11.4. The second-order valence-electron chi connectivity index (χ2n) is 5.35. The van der Waals surface area contributed by atoms with Crippen LogP contribution in [0.2, 0.25) is 0 Å². The Morgan fingerprint density at radius 2 is 1.78 bits per heavy atom. The largest absolute Gasteiger partial charge is 0.455 e. The lowest BCUT2D eigenvalue weighted by molar-refractivity contribution is -0.0397. The van der Waals surface area contributed by atoms with E-state index in [1.807, 2.05) is 31.2 Å². The molecule has 1 aromatic carbocycles. The summed E-state index contributed by atoms with van der Waals surface area (Å²) in [5, 5.41) is 0. The van der Waals surface area contributed by atoms with Crippen LogP contribution in [0.1, 0.15) is 61.4 Å². The molecule has 0 bridgehead atoms. The topological polar surface area (TPSA) is 26.3 Å². The highest BCUT2D eigenvalue weighted by Crippen LogP contribution is 2.35. The maximum Gasteiger partial charge on any atom is 0.338 e. The van der Waals surface area contributed by atoms with Gasteiger partial charge in [0.2, 0.25) is 0 Å². The van der Waals surface area contributed by atoms with Crippen LogP contribution in [-0.2, 0) is 4.74 Å². The first-order chi connectivity index (χ1) is 8.65. The Morgan fingerprint density at radius 1 is 1.17 bits per heavy atom. The maximum absolute atomic E-state index is 12.2. The Hall–Kier alpha value is -1.31. The predicted molar refractivity (Wildman–Crippen MR) is 72.7 cm³/mol. The molecule has 1 aliphatic rings. The van der Waals surface area contributed by atoms with E-state index in [2.05, 4.69) is 6.92 Å². The lowest BCUT2D eigenvalue weighted by atomic mass is 9.82. The van der Waals surface area contributed by atoms with Crippen molar-refractivity contribution in [1.29, 1.82) is 0 Å². The van der Waals surface area contributed by atoms with Gasteiger partial charge in [-0.15, -0.1) is 0 Å². The molecule has 0 unspecified atom stereocenters. The van der Waals surface area contributed by atoms with Crippen molar-refractivity contribution >= 4 is 5.97 Å². The molecule has 0 aromatic heterocycles. The molecule has 18 heavy (non-hydrogen) atoms. The Balaban J connectivity index is 2.07. The van der Waals surface area contributed by atoms with E-state index in [0.717, 1.165) is 24.8 Å². The van der Waals surface area contributed by atoms with Gasteiger partial charge in [-0.3, -0.25) is 0 Å². The van der Waals surface area contributed by atoms with Crippen molar-refractivity contribution in [2.45, 2.75) is 58.0 Å². The molecule has 0 amide bonds. The minimum Gasteiger partial charge on any atom is -0.455 e. The second kappa shape index (κ2) is 5.55. The van der Waals surface area contributed by atoms with Gasteiger partial charge in [-0.1, -0.05) is 31.0 Å². The van der Waals surface area contributed by atoms with Crippen molar-refractivity contribution in [2.75, 3.05) is 0 Å². The first-order valence-corrected chi connectivity index (χ1v) is 6.95. The quantitative estimate of drug-likeness (QED) is 0.745. The van der Waals surface area contributed by atoms with Crippen molar-refractivity contribution in [2.24, 2.45) is 0 Å². The van der Waals surface area contributed by atoms with Crippen molar-refractivity contribution < 1.29 is 9.53 Å². The average molecular weight is 246 g/mol. The van der Waals surface area contributed by atoms with E-state index in [-0.39, 0.29) is 11.6 Å². The molecule has 1 aromatic rings. The van der Waals surface area contributed by atoms with E-state index >= 15 is 0 Å². The Morgan fingerprint density at radius 3 is 2.33 bits per heavy atom. The summed E-state index contributed by atoms with van der Waals surface area (Å²) in [7, 11) is 0. The fraction of sp³-hybridized carbons (Fsp3) is 0.562. The lowest BCUT2D eigenvalue weighted by Crippen LogP contribution is -2.36. The standard InChI is InChI=1S/C16H22O2/c1-3-16(11-5-4-6-12-16)18-15(17)14-9-7-13(2)8-10-14/h7-10H,3-6,11-12H2,1-2H3. The molecule has 2 rings (SSSR count). The van der Waals surface area contributed by atoms with Gasteiger partial charge in [0.1, 0.15) is 5.60 Å². The van der Waals surface area contributed by atoms with E-state index in [1.54, 1.807) is 0 Å². The minimum absolute atomic E-state index is 0.168. The number of ether oxygens (including phenoxy) is 1. The summed E-state index contributed by atoms with van der Waals surface area (Å²) in [5.74, 6) is -0.168. The van der Waals surface area contributed by atoms with E-state index in [0.29, 0.717) is 5.56 Å². The number of carbonyl (C=O) groups excluding carboxylic acids is 1. The molecule has 0 atom stereocenters. The van der Waals surface area contributed by atoms with Gasteiger partial charge in [-0.25, -0.2) is 4.79 Å². The van der Waals surface area contributed by atoms with Crippen molar-refractivity contribution in [1.82, 2.24) is 0 Å². The summed E-state index contributed by atoms with van der Waals surface area (Å²) in [6.45, 7) is 4.14. The van der Waals surface area contributed by atoms with Gasteiger partial charge in [0, 0.05) is 0 Å². The normalized spacial score (nSPS) is 18.3. The van der Waals surface area contributed by atoms with Crippen LogP contribution in [-0.4, -0.2) is 11.6 Å². The van der Waals surface area contributed by atoms with Crippen molar-refractivity contribution in [3.8, 4) is 0 Å². The molecule has 0 N–H and O–H groups in total. The van der Waals surface area contributed by atoms with Gasteiger partial charge in [0.15, 0.2) is 0 Å². The summed E-state index contributed by atoms with van der Waals surface area (Å²) in [4.78, 5) is 12.2.